The van der Waals surface area contributed by atoms with Crippen molar-refractivity contribution < 1.29 is 33.7 Å². The molecule has 1 heterocycles. The average Bonchev–Trinajstić information content (AvgIpc) is 3.00. The third kappa shape index (κ3) is 6.89. The number of benzene rings is 1. The van der Waals surface area contributed by atoms with Gasteiger partial charge in [0.1, 0.15) is 29.2 Å². The van der Waals surface area contributed by atoms with Crippen molar-refractivity contribution in [2.45, 2.75) is 64.7 Å². The highest BCUT2D eigenvalue weighted by Gasteiger charge is 2.39. The SMILES string of the molecule is COc1ccc(CN(O)C(C#CC(=O)OC(C)(C)C)[C@H]2COC(C)(C)O2)c(OC)c1. The van der Waals surface area contributed by atoms with E-state index < -0.39 is 29.5 Å². The first kappa shape index (κ1) is 24.0. The maximum atomic E-state index is 12.1. The zero-order chi connectivity index (χ0) is 22.5. The molecule has 8 heteroatoms. The summed E-state index contributed by atoms with van der Waals surface area (Å²) in [6.45, 7) is 9.14. The Balaban J connectivity index is 2.25. The van der Waals surface area contributed by atoms with Gasteiger partial charge in [-0.1, -0.05) is 12.0 Å². The van der Waals surface area contributed by atoms with Gasteiger partial charge in [-0.3, -0.25) is 0 Å². The largest absolute Gasteiger partial charge is 0.497 e. The van der Waals surface area contributed by atoms with Gasteiger partial charge in [-0.2, -0.15) is 5.06 Å². The molecule has 166 valence electrons. The molecule has 8 nitrogen and oxygen atoms in total. The van der Waals surface area contributed by atoms with Crippen LogP contribution in [0.4, 0.5) is 0 Å². The van der Waals surface area contributed by atoms with Gasteiger partial charge in [-0.15, -0.1) is 0 Å². The number of ether oxygens (including phenoxy) is 5. The van der Waals surface area contributed by atoms with Crippen LogP contribution >= 0.6 is 0 Å². The summed E-state index contributed by atoms with van der Waals surface area (Å²) in [7, 11) is 3.10. The van der Waals surface area contributed by atoms with E-state index in [1.165, 1.54) is 7.11 Å². The lowest BCUT2D eigenvalue weighted by Gasteiger charge is -2.27. The molecule has 0 aliphatic carbocycles. The Morgan fingerprint density at radius 2 is 2.03 bits per heavy atom. The van der Waals surface area contributed by atoms with Crippen LogP contribution in [-0.2, 0) is 25.5 Å². The molecule has 1 N–H and O–H groups in total. The van der Waals surface area contributed by atoms with Crippen molar-refractivity contribution in [3.63, 3.8) is 0 Å². The lowest BCUT2D eigenvalue weighted by molar-refractivity contribution is -0.176. The van der Waals surface area contributed by atoms with Gasteiger partial charge in [0.2, 0.25) is 0 Å². The van der Waals surface area contributed by atoms with Crippen molar-refractivity contribution in [1.29, 1.82) is 0 Å². The summed E-state index contributed by atoms with van der Waals surface area (Å²) in [5, 5.41) is 11.9. The van der Waals surface area contributed by atoms with Crippen molar-refractivity contribution in [3.05, 3.63) is 23.8 Å². The standard InChI is InChI=1S/C22H31NO7/c1-21(2,3)30-20(24)11-10-17(19-14-28-22(4,5)29-19)23(25)13-15-8-9-16(26-6)12-18(15)27-7/h8-9,12,17,19,25H,13-14H2,1-7H3/t17?,19-/m1/s1. The van der Waals surface area contributed by atoms with Crippen molar-refractivity contribution in [2.75, 3.05) is 20.8 Å². The topological polar surface area (TPSA) is 86.7 Å². The minimum Gasteiger partial charge on any atom is -0.497 e. The number of methoxy groups -OCH3 is 2. The quantitative estimate of drug-likeness (QED) is 0.325. The first-order chi connectivity index (χ1) is 13.9. The van der Waals surface area contributed by atoms with E-state index in [9.17, 15) is 10.0 Å². The molecule has 1 aliphatic heterocycles. The average molecular weight is 421 g/mol. The second-order valence-corrected chi connectivity index (χ2v) is 8.36. The molecule has 30 heavy (non-hydrogen) atoms. The highest BCUT2D eigenvalue weighted by atomic mass is 16.7. The summed E-state index contributed by atoms with van der Waals surface area (Å²) in [6.07, 6.45) is -0.566. The second kappa shape index (κ2) is 9.67. The summed E-state index contributed by atoms with van der Waals surface area (Å²) >= 11 is 0. The Kier molecular flexibility index (Phi) is 7.72. The van der Waals surface area contributed by atoms with Gasteiger partial charge in [0.05, 0.1) is 27.4 Å². The van der Waals surface area contributed by atoms with Crippen LogP contribution in [-0.4, -0.2) is 60.6 Å². The molecule has 0 aromatic heterocycles. The monoisotopic (exact) mass is 421 g/mol. The molecule has 1 unspecified atom stereocenters. The highest BCUT2D eigenvalue weighted by Crippen LogP contribution is 2.29. The fraction of sp³-hybridized carbons (Fsp3) is 0.591. The fourth-order valence-corrected chi connectivity index (χ4v) is 2.92. The molecule has 2 atom stereocenters. The van der Waals surface area contributed by atoms with E-state index in [0.29, 0.717) is 17.1 Å². The van der Waals surface area contributed by atoms with Gasteiger partial charge in [0.15, 0.2) is 5.79 Å². The first-order valence-corrected chi connectivity index (χ1v) is 9.67. The number of rotatable bonds is 6. The molecule has 2 rings (SSSR count). The van der Waals surface area contributed by atoms with E-state index in [1.807, 2.05) is 0 Å². The van der Waals surface area contributed by atoms with Gasteiger partial charge in [-0.25, -0.2) is 4.79 Å². The van der Waals surface area contributed by atoms with E-state index in [2.05, 4.69) is 11.8 Å². The lowest BCUT2D eigenvalue weighted by atomic mass is 10.1. The maximum Gasteiger partial charge on any atom is 0.384 e. The molecule has 0 amide bonds. The molecular formula is C22H31NO7. The predicted molar refractivity (Wildman–Crippen MR) is 109 cm³/mol. The molecule has 0 saturated carbocycles. The zero-order valence-electron chi connectivity index (χ0n) is 18.6. The van der Waals surface area contributed by atoms with Crippen molar-refractivity contribution in [1.82, 2.24) is 5.06 Å². The predicted octanol–water partition coefficient (Wildman–Crippen LogP) is 2.76. The molecule has 1 aliphatic rings. The number of carbonyl (C=O) groups is 1. The van der Waals surface area contributed by atoms with E-state index in [-0.39, 0.29) is 13.2 Å². The van der Waals surface area contributed by atoms with E-state index in [0.717, 1.165) is 5.06 Å². The molecule has 1 saturated heterocycles. The van der Waals surface area contributed by atoms with Crippen LogP contribution in [0.15, 0.2) is 18.2 Å². The third-order valence-corrected chi connectivity index (χ3v) is 4.25. The lowest BCUT2D eigenvalue weighted by Crippen LogP contribution is -2.42. The van der Waals surface area contributed by atoms with Crippen LogP contribution < -0.4 is 9.47 Å². The number of hydrogen-bond donors (Lipinski definition) is 1. The summed E-state index contributed by atoms with van der Waals surface area (Å²) in [5.41, 5.74) is 0.0500. The molecule has 1 fully saturated rings. The zero-order valence-corrected chi connectivity index (χ0v) is 18.6. The van der Waals surface area contributed by atoms with Crippen LogP contribution in [0, 0.1) is 11.8 Å². The Labute approximate surface area is 178 Å². The van der Waals surface area contributed by atoms with Gasteiger partial charge < -0.3 is 28.9 Å². The molecule has 1 aromatic carbocycles. The minimum atomic E-state index is -0.828. The van der Waals surface area contributed by atoms with Crippen LogP contribution in [0.3, 0.4) is 0 Å². The fourth-order valence-electron chi connectivity index (χ4n) is 2.92. The van der Waals surface area contributed by atoms with Gasteiger partial charge in [0, 0.05) is 17.6 Å². The van der Waals surface area contributed by atoms with Gasteiger partial charge in [-0.05, 0) is 40.7 Å². The number of carbonyl (C=O) groups excluding carboxylic acids is 1. The molecule has 0 bridgehead atoms. The summed E-state index contributed by atoms with van der Waals surface area (Å²) in [6, 6.07) is 4.45. The van der Waals surface area contributed by atoms with Crippen LogP contribution in [0.5, 0.6) is 11.5 Å². The molecule has 0 spiro atoms. The number of hydrogen-bond acceptors (Lipinski definition) is 8. The van der Waals surface area contributed by atoms with E-state index >= 15 is 0 Å². The van der Waals surface area contributed by atoms with Crippen molar-refractivity contribution in [3.8, 4) is 23.3 Å². The maximum absolute atomic E-state index is 12.1. The van der Waals surface area contributed by atoms with Crippen LogP contribution in [0.2, 0.25) is 0 Å². The Morgan fingerprint density at radius 1 is 1.33 bits per heavy atom. The van der Waals surface area contributed by atoms with Crippen LogP contribution in [0.25, 0.3) is 0 Å². The highest BCUT2D eigenvalue weighted by molar-refractivity contribution is 5.88. The molecular weight excluding hydrogens is 390 g/mol. The summed E-state index contributed by atoms with van der Waals surface area (Å²) < 4.78 is 27.3. The Hall–Kier alpha value is -2.31. The number of nitrogens with zero attached hydrogens (tertiary/aromatic N) is 1. The molecule has 1 aromatic rings. The van der Waals surface area contributed by atoms with Crippen molar-refractivity contribution >= 4 is 5.97 Å². The summed E-state index contributed by atoms with van der Waals surface area (Å²) in [4.78, 5) is 12.1. The Morgan fingerprint density at radius 3 is 2.57 bits per heavy atom. The first-order valence-electron chi connectivity index (χ1n) is 9.67. The summed E-state index contributed by atoms with van der Waals surface area (Å²) in [5.74, 6) is 4.94. The third-order valence-electron chi connectivity index (χ3n) is 4.25. The number of esters is 1. The van der Waals surface area contributed by atoms with Crippen molar-refractivity contribution in [2.24, 2.45) is 0 Å². The Bertz CT molecular complexity index is 804. The van der Waals surface area contributed by atoms with E-state index in [4.69, 9.17) is 23.7 Å². The smallest absolute Gasteiger partial charge is 0.384 e. The second-order valence-electron chi connectivity index (χ2n) is 8.36. The van der Waals surface area contributed by atoms with E-state index in [1.54, 1.807) is 59.9 Å². The molecule has 0 radical (unpaired) electrons. The van der Waals surface area contributed by atoms with Gasteiger partial charge >= 0.3 is 5.97 Å². The normalized spacial score (nSPS) is 19.0. The van der Waals surface area contributed by atoms with Crippen LogP contribution in [0.1, 0.15) is 40.2 Å². The minimum absolute atomic E-state index is 0.0844. The van der Waals surface area contributed by atoms with Gasteiger partial charge in [0.25, 0.3) is 0 Å². The number of hydroxylamine groups is 2.